The SMILES string of the molecule is C=CCNC(C)c1cccc(Br)c1. The lowest BCUT2D eigenvalue weighted by atomic mass is 10.1. The Morgan fingerprint density at radius 2 is 2.38 bits per heavy atom. The average Bonchev–Trinajstić information content (AvgIpc) is 2.14. The molecule has 0 spiro atoms. The minimum absolute atomic E-state index is 0.371. The number of nitrogens with one attached hydrogen (secondary N) is 1. The third kappa shape index (κ3) is 3.33. The summed E-state index contributed by atoms with van der Waals surface area (Å²) in [7, 11) is 0. The molecule has 1 rings (SSSR count). The fourth-order valence-corrected chi connectivity index (χ4v) is 1.57. The first kappa shape index (κ1) is 10.5. The summed E-state index contributed by atoms with van der Waals surface area (Å²) in [4.78, 5) is 0. The fraction of sp³-hybridized carbons (Fsp3) is 0.273. The molecule has 0 amide bonds. The maximum atomic E-state index is 3.67. The van der Waals surface area contributed by atoms with Gasteiger partial charge in [-0.1, -0.05) is 34.1 Å². The van der Waals surface area contributed by atoms with Crippen LogP contribution in [0.15, 0.2) is 41.4 Å². The molecule has 0 aliphatic rings. The molecule has 1 aromatic carbocycles. The third-order valence-electron chi connectivity index (χ3n) is 1.92. The van der Waals surface area contributed by atoms with Crippen LogP contribution in [0.3, 0.4) is 0 Å². The summed E-state index contributed by atoms with van der Waals surface area (Å²) < 4.78 is 1.12. The molecular weight excluding hydrogens is 226 g/mol. The lowest BCUT2D eigenvalue weighted by Gasteiger charge is -2.12. The van der Waals surface area contributed by atoms with Gasteiger partial charge in [-0.3, -0.25) is 0 Å². The lowest BCUT2D eigenvalue weighted by molar-refractivity contribution is 0.617. The Labute approximate surface area is 88.0 Å². The molecule has 0 saturated carbocycles. The highest BCUT2D eigenvalue weighted by Crippen LogP contribution is 2.17. The Kier molecular flexibility index (Phi) is 4.19. The maximum Gasteiger partial charge on any atom is 0.0295 e. The number of benzene rings is 1. The molecule has 2 heteroatoms. The number of hydrogen-bond donors (Lipinski definition) is 1. The van der Waals surface area contributed by atoms with Crippen LogP contribution in [0.2, 0.25) is 0 Å². The van der Waals surface area contributed by atoms with Crippen molar-refractivity contribution in [1.29, 1.82) is 0 Å². The van der Waals surface area contributed by atoms with Crippen molar-refractivity contribution >= 4 is 15.9 Å². The van der Waals surface area contributed by atoms with Gasteiger partial charge < -0.3 is 5.32 Å². The molecule has 1 N–H and O–H groups in total. The molecule has 0 bridgehead atoms. The Balaban J connectivity index is 2.65. The van der Waals surface area contributed by atoms with Gasteiger partial charge in [0.15, 0.2) is 0 Å². The summed E-state index contributed by atoms with van der Waals surface area (Å²) in [6, 6.07) is 8.69. The van der Waals surface area contributed by atoms with Gasteiger partial charge in [-0.15, -0.1) is 6.58 Å². The normalized spacial score (nSPS) is 12.5. The van der Waals surface area contributed by atoms with Gasteiger partial charge in [-0.05, 0) is 24.6 Å². The van der Waals surface area contributed by atoms with Crippen LogP contribution < -0.4 is 5.32 Å². The summed E-state index contributed by atoms with van der Waals surface area (Å²) in [5.74, 6) is 0. The highest BCUT2D eigenvalue weighted by atomic mass is 79.9. The van der Waals surface area contributed by atoms with E-state index in [2.05, 4.69) is 46.9 Å². The van der Waals surface area contributed by atoms with Gasteiger partial charge in [0.05, 0.1) is 0 Å². The van der Waals surface area contributed by atoms with Crippen molar-refractivity contribution in [3.63, 3.8) is 0 Å². The molecule has 0 aliphatic carbocycles. The lowest BCUT2D eigenvalue weighted by Crippen LogP contribution is -2.18. The Morgan fingerprint density at radius 1 is 1.62 bits per heavy atom. The van der Waals surface area contributed by atoms with Gasteiger partial charge in [0.2, 0.25) is 0 Å². The van der Waals surface area contributed by atoms with E-state index in [9.17, 15) is 0 Å². The molecule has 13 heavy (non-hydrogen) atoms. The molecule has 0 aliphatic heterocycles. The van der Waals surface area contributed by atoms with Crippen molar-refractivity contribution in [2.24, 2.45) is 0 Å². The zero-order chi connectivity index (χ0) is 9.68. The third-order valence-corrected chi connectivity index (χ3v) is 2.41. The van der Waals surface area contributed by atoms with Crippen molar-refractivity contribution in [1.82, 2.24) is 5.32 Å². The minimum atomic E-state index is 0.371. The monoisotopic (exact) mass is 239 g/mol. The summed E-state index contributed by atoms with van der Waals surface area (Å²) in [5, 5.41) is 3.34. The van der Waals surface area contributed by atoms with E-state index in [-0.39, 0.29) is 0 Å². The molecule has 70 valence electrons. The van der Waals surface area contributed by atoms with E-state index >= 15 is 0 Å². The van der Waals surface area contributed by atoms with Gasteiger partial charge in [0.1, 0.15) is 0 Å². The van der Waals surface area contributed by atoms with Gasteiger partial charge >= 0.3 is 0 Å². The van der Waals surface area contributed by atoms with Crippen molar-refractivity contribution in [2.75, 3.05) is 6.54 Å². The first-order valence-corrected chi connectivity index (χ1v) is 5.13. The molecule has 1 unspecified atom stereocenters. The maximum absolute atomic E-state index is 3.67. The highest BCUT2D eigenvalue weighted by Gasteiger charge is 2.02. The van der Waals surface area contributed by atoms with Crippen LogP contribution in [0.4, 0.5) is 0 Å². The van der Waals surface area contributed by atoms with E-state index in [4.69, 9.17) is 0 Å². The number of hydrogen-bond acceptors (Lipinski definition) is 1. The number of rotatable bonds is 4. The molecule has 0 saturated heterocycles. The Hall–Kier alpha value is -0.600. The van der Waals surface area contributed by atoms with Crippen LogP contribution in [-0.4, -0.2) is 6.54 Å². The van der Waals surface area contributed by atoms with Crippen LogP contribution in [-0.2, 0) is 0 Å². The molecule has 0 fully saturated rings. The van der Waals surface area contributed by atoms with Crippen molar-refractivity contribution in [2.45, 2.75) is 13.0 Å². The summed E-state index contributed by atoms with van der Waals surface area (Å²) in [6.45, 7) is 6.66. The summed E-state index contributed by atoms with van der Waals surface area (Å²) in [5.41, 5.74) is 1.29. The Morgan fingerprint density at radius 3 is 3.00 bits per heavy atom. The van der Waals surface area contributed by atoms with Crippen LogP contribution in [0.25, 0.3) is 0 Å². The first-order valence-electron chi connectivity index (χ1n) is 4.34. The smallest absolute Gasteiger partial charge is 0.0295 e. The second-order valence-corrected chi connectivity index (χ2v) is 3.89. The molecule has 0 heterocycles. The van der Waals surface area contributed by atoms with E-state index < -0.39 is 0 Å². The van der Waals surface area contributed by atoms with E-state index in [1.54, 1.807) is 0 Å². The van der Waals surface area contributed by atoms with Crippen LogP contribution in [0.5, 0.6) is 0 Å². The van der Waals surface area contributed by atoms with Gasteiger partial charge in [-0.25, -0.2) is 0 Å². The molecule has 0 radical (unpaired) electrons. The quantitative estimate of drug-likeness (QED) is 0.796. The number of halogens is 1. The molecular formula is C11H14BrN. The van der Waals surface area contributed by atoms with E-state index in [0.29, 0.717) is 6.04 Å². The van der Waals surface area contributed by atoms with Crippen molar-refractivity contribution in [3.05, 3.63) is 47.0 Å². The molecule has 1 nitrogen and oxygen atoms in total. The van der Waals surface area contributed by atoms with Gasteiger partial charge in [0, 0.05) is 17.1 Å². The summed E-state index contributed by atoms with van der Waals surface area (Å²) >= 11 is 3.45. The van der Waals surface area contributed by atoms with E-state index in [1.165, 1.54) is 5.56 Å². The largest absolute Gasteiger partial charge is 0.307 e. The molecule has 1 atom stereocenters. The van der Waals surface area contributed by atoms with Crippen molar-refractivity contribution < 1.29 is 0 Å². The van der Waals surface area contributed by atoms with Crippen molar-refractivity contribution in [3.8, 4) is 0 Å². The van der Waals surface area contributed by atoms with E-state index in [1.807, 2.05) is 18.2 Å². The fourth-order valence-electron chi connectivity index (χ4n) is 1.15. The molecule has 0 aromatic heterocycles. The zero-order valence-corrected chi connectivity index (χ0v) is 9.34. The topological polar surface area (TPSA) is 12.0 Å². The average molecular weight is 240 g/mol. The highest BCUT2D eigenvalue weighted by molar-refractivity contribution is 9.10. The van der Waals surface area contributed by atoms with Crippen LogP contribution >= 0.6 is 15.9 Å². The van der Waals surface area contributed by atoms with E-state index in [0.717, 1.165) is 11.0 Å². The second kappa shape index (κ2) is 5.20. The first-order chi connectivity index (χ1) is 6.24. The van der Waals surface area contributed by atoms with Gasteiger partial charge in [-0.2, -0.15) is 0 Å². The predicted octanol–water partition coefficient (Wildman–Crippen LogP) is 3.29. The van der Waals surface area contributed by atoms with Crippen LogP contribution in [0.1, 0.15) is 18.5 Å². The second-order valence-electron chi connectivity index (χ2n) is 2.97. The Bertz CT molecular complexity index is 283. The van der Waals surface area contributed by atoms with Crippen LogP contribution in [0, 0.1) is 0 Å². The predicted molar refractivity (Wildman–Crippen MR) is 60.8 cm³/mol. The minimum Gasteiger partial charge on any atom is -0.307 e. The standard InChI is InChI=1S/C11H14BrN/c1-3-7-13-9(2)10-5-4-6-11(12)8-10/h3-6,8-9,13H,1,7H2,2H3. The molecule has 1 aromatic rings. The van der Waals surface area contributed by atoms with Gasteiger partial charge in [0.25, 0.3) is 0 Å². The zero-order valence-electron chi connectivity index (χ0n) is 7.76. The summed E-state index contributed by atoms with van der Waals surface area (Å²) in [6.07, 6.45) is 1.87.